The molecule has 1 rings (SSSR count). The van der Waals surface area contributed by atoms with Gasteiger partial charge in [-0.25, -0.2) is 26.0 Å². The quantitative estimate of drug-likeness (QED) is 0.575. The number of imidazole rings is 1. The zero-order chi connectivity index (χ0) is 18.7. The van der Waals surface area contributed by atoms with Crippen LogP contribution in [0.3, 0.4) is 0 Å². The molecule has 15 heteroatoms. The maximum atomic E-state index is 11.4. The molecule has 23 heavy (non-hydrogen) atoms. The van der Waals surface area contributed by atoms with Crippen LogP contribution >= 0.6 is 0 Å². The molecule has 0 bridgehead atoms. The normalized spacial score (nSPS) is 13.4. The van der Waals surface area contributed by atoms with Gasteiger partial charge in [-0.05, 0) is 6.92 Å². The highest BCUT2D eigenvalue weighted by atomic mass is 32.3. The Morgan fingerprint density at radius 2 is 1.39 bits per heavy atom. The molecule has 136 valence electrons. The van der Waals surface area contributed by atoms with E-state index in [9.17, 15) is 43.2 Å². The van der Waals surface area contributed by atoms with E-state index in [1.54, 1.807) is 0 Å². The first-order valence-corrected chi connectivity index (χ1v) is 8.29. The third-order valence-corrected chi connectivity index (χ3v) is 4.71. The molecule has 1 heterocycles. The molecule has 0 aromatic carbocycles. The predicted octanol–water partition coefficient (Wildman–Crippen LogP) is 1.39. The van der Waals surface area contributed by atoms with E-state index in [4.69, 9.17) is 0 Å². The average molecular weight is 391 g/mol. The van der Waals surface area contributed by atoms with Crippen molar-refractivity contribution in [1.82, 2.24) is 4.57 Å². The van der Waals surface area contributed by atoms with Crippen molar-refractivity contribution < 1.29 is 47.7 Å². The zero-order valence-corrected chi connectivity index (χ0v) is 13.1. The van der Waals surface area contributed by atoms with Crippen molar-refractivity contribution in [2.45, 2.75) is 24.5 Å². The highest BCUT2D eigenvalue weighted by Gasteiger charge is 2.46. The van der Waals surface area contributed by atoms with Gasteiger partial charge >= 0.3 is 11.0 Å². The number of sulfonamides is 2. The van der Waals surface area contributed by atoms with Gasteiger partial charge in [0.15, 0.2) is 20.0 Å². The molecule has 0 aliphatic carbocycles. The summed E-state index contributed by atoms with van der Waals surface area (Å²) in [5, 5.41) is 0. The van der Waals surface area contributed by atoms with Crippen LogP contribution in [0.4, 0.5) is 26.3 Å². The van der Waals surface area contributed by atoms with E-state index in [2.05, 4.69) is 24.0 Å². The van der Waals surface area contributed by atoms with Gasteiger partial charge in [0.2, 0.25) is 6.33 Å². The Labute approximate surface area is 127 Å². The lowest BCUT2D eigenvalue weighted by molar-refractivity contribution is -0.671. The molecule has 0 fully saturated rings. The minimum atomic E-state index is -6.72. The summed E-state index contributed by atoms with van der Waals surface area (Å²) >= 11 is 0. The molecule has 7 nitrogen and oxygen atoms in total. The van der Waals surface area contributed by atoms with Gasteiger partial charge in [-0.1, -0.05) is 0 Å². The topological polar surface area (TPSA) is 91.2 Å². The van der Waals surface area contributed by atoms with E-state index in [-0.39, 0.29) is 0 Å². The SMILES string of the molecule is CCn1cc[n+](C)c1.O=S(=O)([N-]S(=O)(=O)C(F)(F)F)C(F)(F)F. The minimum Gasteiger partial charge on any atom is -0.421 e. The number of aryl methyl sites for hydroxylation is 2. The number of alkyl halides is 6. The molecule has 0 N–H and O–H groups in total. The number of rotatable bonds is 3. The Kier molecular flexibility index (Phi) is 6.63. The Hall–Kier alpha value is -1.35. The summed E-state index contributed by atoms with van der Waals surface area (Å²) in [7, 11) is -11.4. The monoisotopic (exact) mass is 391 g/mol. The third-order valence-electron chi connectivity index (χ3n) is 1.97. The maximum Gasteiger partial charge on any atom is 0.480 e. The fraction of sp³-hybridized carbons (Fsp3) is 0.625. The van der Waals surface area contributed by atoms with E-state index in [1.807, 2.05) is 17.8 Å². The summed E-state index contributed by atoms with van der Waals surface area (Å²) in [5.41, 5.74) is -12.4. The molecule has 0 saturated carbocycles. The van der Waals surface area contributed by atoms with E-state index >= 15 is 0 Å². The standard InChI is InChI=1S/C6H11N2.C2F6NO4S2/c1-3-8-5-4-7(2)6-8;3-1(4,5)14(10,11)9-15(12,13)2(6,7)8/h4-6H,3H2,1-2H3;/q+1;-1. The molecule has 0 aliphatic rings. The Balaban J connectivity index is 0.000000502. The number of halogens is 6. The molecule has 1 aromatic rings. The lowest BCUT2D eigenvalue weighted by Gasteiger charge is -2.22. The van der Waals surface area contributed by atoms with Gasteiger partial charge in [0.05, 0.1) is 13.6 Å². The van der Waals surface area contributed by atoms with Crippen LogP contribution in [0.2, 0.25) is 0 Å². The van der Waals surface area contributed by atoms with Gasteiger partial charge in [0.25, 0.3) is 0 Å². The van der Waals surface area contributed by atoms with Gasteiger partial charge in [-0.2, -0.15) is 26.3 Å². The second-order valence-electron chi connectivity index (χ2n) is 3.83. The van der Waals surface area contributed by atoms with Gasteiger partial charge in [-0.15, -0.1) is 0 Å². The van der Waals surface area contributed by atoms with Gasteiger partial charge in [0.1, 0.15) is 12.4 Å². The van der Waals surface area contributed by atoms with Crippen LogP contribution in [0, 0.1) is 0 Å². The molecule has 0 spiro atoms. The number of aromatic nitrogens is 2. The molecule has 0 unspecified atom stereocenters. The molecular weight excluding hydrogens is 380 g/mol. The second kappa shape index (κ2) is 7.04. The summed E-state index contributed by atoms with van der Waals surface area (Å²) in [6.45, 7) is 3.18. The van der Waals surface area contributed by atoms with Crippen LogP contribution in [-0.4, -0.2) is 32.4 Å². The van der Waals surface area contributed by atoms with Crippen molar-refractivity contribution in [2.75, 3.05) is 0 Å². The largest absolute Gasteiger partial charge is 0.480 e. The average Bonchev–Trinajstić information content (AvgIpc) is 2.71. The number of nitrogens with zero attached hydrogens (tertiary/aromatic N) is 3. The van der Waals surface area contributed by atoms with Gasteiger partial charge < -0.3 is 4.13 Å². The van der Waals surface area contributed by atoms with Crippen LogP contribution < -0.4 is 4.57 Å². The van der Waals surface area contributed by atoms with Crippen LogP contribution in [0.25, 0.3) is 4.13 Å². The number of hydrogen-bond donors (Lipinski definition) is 0. The lowest BCUT2D eigenvalue weighted by atomic mass is 10.7. The Morgan fingerprint density at radius 1 is 1.00 bits per heavy atom. The van der Waals surface area contributed by atoms with Gasteiger partial charge in [-0.3, -0.25) is 0 Å². The van der Waals surface area contributed by atoms with Crippen molar-refractivity contribution in [2.24, 2.45) is 7.05 Å². The minimum absolute atomic E-state index is 0.778. The molecule has 0 radical (unpaired) electrons. The van der Waals surface area contributed by atoms with E-state index in [1.165, 1.54) is 0 Å². The van der Waals surface area contributed by atoms with E-state index < -0.39 is 31.1 Å². The molecule has 0 saturated heterocycles. The Bertz CT molecular complexity index is 678. The maximum absolute atomic E-state index is 11.4. The van der Waals surface area contributed by atoms with Crippen molar-refractivity contribution in [1.29, 1.82) is 0 Å². The van der Waals surface area contributed by atoms with Crippen LogP contribution in [0.1, 0.15) is 6.92 Å². The van der Waals surface area contributed by atoms with Crippen molar-refractivity contribution in [3.05, 3.63) is 22.8 Å². The summed E-state index contributed by atoms with van der Waals surface area (Å²) in [4.78, 5) is 0. The highest BCUT2D eigenvalue weighted by molar-refractivity contribution is 8.13. The van der Waals surface area contributed by atoms with Crippen molar-refractivity contribution in [3.63, 3.8) is 0 Å². The van der Waals surface area contributed by atoms with Gasteiger partial charge in [0, 0.05) is 0 Å². The summed E-state index contributed by atoms with van der Waals surface area (Å²) in [6.07, 6.45) is 6.14. The second-order valence-corrected chi connectivity index (χ2v) is 7.25. The van der Waals surface area contributed by atoms with Crippen LogP contribution in [-0.2, 0) is 33.6 Å². The summed E-state index contributed by atoms with van der Waals surface area (Å²) in [6, 6.07) is 0. The first-order chi connectivity index (χ1) is 10.0. The Morgan fingerprint density at radius 3 is 1.57 bits per heavy atom. The molecule has 0 aliphatic heterocycles. The molecular formula is C8H11F6N3O4S2. The first kappa shape index (κ1) is 21.6. The fourth-order valence-electron chi connectivity index (χ4n) is 0.902. The van der Waals surface area contributed by atoms with Crippen molar-refractivity contribution in [3.8, 4) is 0 Å². The summed E-state index contributed by atoms with van der Waals surface area (Å²) < 4.78 is 113. The van der Waals surface area contributed by atoms with Crippen LogP contribution in [0.15, 0.2) is 18.7 Å². The first-order valence-electron chi connectivity index (χ1n) is 5.41. The smallest absolute Gasteiger partial charge is 0.421 e. The predicted molar refractivity (Wildman–Crippen MR) is 64.6 cm³/mol. The summed E-state index contributed by atoms with van der Waals surface area (Å²) in [5.74, 6) is 0. The highest BCUT2D eigenvalue weighted by Crippen LogP contribution is 2.36. The third kappa shape index (κ3) is 6.34. The molecule has 0 atom stereocenters. The van der Waals surface area contributed by atoms with E-state index in [0.29, 0.717) is 0 Å². The van der Waals surface area contributed by atoms with E-state index in [0.717, 1.165) is 10.7 Å². The van der Waals surface area contributed by atoms with Crippen molar-refractivity contribution >= 4 is 20.0 Å². The lowest BCUT2D eigenvalue weighted by Crippen LogP contribution is -2.30. The van der Waals surface area contributed by atoms with Crippen LogP contribution in [0.5, 0.6) is 0 Å². The molecule has 0 amide bonds. The molecule has 1 aromatic heterocycles. The number of hydrogen-bond acceptors (Lipinski definition) is 4. The zero-order valence-electron chi connectivity index (χ0n) is 11.5. The fourth-order valence-corrected chi connectivity index (χ4v) is 2.61.